The van der Waals surface area contributed by atoms with E-state index in [4.69, 9.17) is 0 Å². The number of carbonyl (C=O) groups excluding carboxylic acids is 2. The third kappa shape index (κ3) is 3.97. The van der Waals surface area contributed by atoms with E-state index in [1.54, 1.807) is 13.0 Å². The van der Waals surface area contributed by atoms with E-state index in [0.29, 0.717) is 20.6 Å². The van der Waals surface area contributed by atoms with Gasteiger partial charge in [0.25, 0.3) is 11.8 Å². The Morgan fingerprint density at radius 1 is 1.22 bits per heavy atom. The zero-order chi connectivity index (χ0) is 16.2. The minimum atomic E-state index is -0.187. The molecule has 0 aliphatic heterocycles. The van der Waals surface area contributed by atoms with Crippen LogP contribution in [0.3, 0.4) is 0 Å². The minimum absolute atomic E-state index is 0.0801. The third-order valence-electron chi connectivity index (χ3n) is 3.91. The second-order valence-electron chi connectivity index (χ2n) is 5.67. The fraction of sp³-hybridized carbons (Fsp3) is 0.438. The number of nitrogens with zero attached hydrogens (tertiary/aromatic N) is 1. The number of thiazole rings is 1. The highest BCUT2D eigenvalue weighted by molar-refractivity contribution is 7.18. The van der Waals surface area contributed by atoms with E-state index in [0.717, 1.165) is 12.8 Å². The average Bonchev–Trinajstić information content (AvgIpc) is 3.18. The lowest BCUT2D eigenvalue weighted by molar-refractivity contribution is 0.0930. The first-order chi connectivity index (χ1) is 11.1. The second kappa shape index (κ2) is 7.23. The molecule has 23 heavy (non-hydrogen) atoms. The minimum Gasteiger partial charge on any atom is -0.349 e. The molecule has 1 saturated carbocycles. The lowest BCUT2D eigenvalue weighted by atomic mass is 9.95. The zero-order valence-corrected chi connectivity index (χ0v) is 14.6. The fourth-order valence-electron chi connectivity index (χ4n) is 2.72. The molecule has 0 bridgehead atoms. The van der Waals surface area contributed by atoms with Crippen molar-refractivity contribution in [2.24, 2.45) is 0 Å². The van der Waals surface area contributed by atoms with Gasteiger partial charge in [0.05, 0.1) is 10.6 Å². The van der Waals surface area contributed by atoms with Crippen molar-refractivity contribution in [3.63, 3.8) is 0 Å². The molecule has 0 saturated heterocycles. The number of aromatic nitrogens is 1. The Morgan fingerprint density at radius 2 is 2.00 bits per heavy atom. The van der Waals surface area contributed by atoms with Crippen molar-refractivity contribution >= 4 is 39.6 Å². The molecule has 2 aromatic rings. The number of amides is 2. The maximum absolute atomic E-state index is 12.4. The van der Waals surface area contributed by atoms with Gasteiger partial charge in [0.1, 0.15) is 4.88 Å². The van der Waals surface area contributed by atoms with Crippen LogP contribution < -0.4 is 10.6 Å². The van der Waals surface area contributed by atoms with E-state index in [1.165, 1.54) is 41.9 Å². The van der Waals surface area contributed by atoms with Gasteiger partial charge in [0, 0.05) is 6.04 Å². The highest BCUT2D eigenvalue weighted by Crippen LogP contribution is 2.25. The molecule has 0 spiro atoms. The number of rotatable bonds is 4. The van der Waals surface area contributed by atoms with Gasteiger partial charge in [-0.05, 0) is 31.2 Å². The topological polar surface area (TPSA) is 71.1 Å². The summed E-state index contributed by atoms with van der Waals surface area (Å²) >= 11 is 2.61. The van der Waals surface area contributed by atoms with Crippen LogP contribution in [0.2, 0.25) is 0 Å². The molecule has 2 amide bonds. The Labute approximate surface area is 143 Å². The Balaban J connectivity index is 1.65. The summed E-state index contributed by atoms with van der Waals surface area (Å²) in [4.78, 5) is 30.0. The van der Waals surface area contributed by atoms with E-state index < -0.39 is 0 Å². The van der Waals surface area contributed by atoms with Crippen LogP contribution >= 0.6 is 22.7 Å². The van der Waals surface area contributed by atoms with E-state index in [2.05, 4.69) is 15.6 Å². The third-order valence-corrected chi connectivity index (χ3v) is 5.85. The van der Waals surface area contributed by atoms with Gasteiger partial charge in [0.15, 0.2) is 5.13 Å². The summed E-state index contributed by atoms with van der Waals surface area (Å²) in [5.41, 5.74) is 0.657. The van der Waals surface area contributed by atoms with Crippen LogP contribution in [0.1, 0.15) is 57.1 Å². The largest absolute Gasteiger partial charge is 0.349 e. The van der Waals surface area contributed by atoms with Gasteiger partial charge in [-0.3, -0.25) is 14.9 Å². The predicted octanol–water partition coefficient (Wildman–Crippen LogP) is 3.83. The number of hydrogen-bond donors (Lipinski definition) is 2. The van der Waals surface area contributed by atoms with E-state index in [-0.39, 0.29) is 17.9 Å². The van der Waals surface area contributed by atoms with Gasteiger partial charge >= 0.3 is 0 Å². The Kier molecular flexibility index (Phi) is 5.07. The lowest BCUT2D eigenvalue weighted by Gasteiger charge is -2.22. The first kappa shape index (κ1) is 16.1. The van der Waals surface area contributed by atoms with Crippen molar-refractivity contribution in [3.8, 4) is 0 Å². The normalized spacial score (nSPS) is 15.3. The van der Waals surface area contributed by atoms with Crippen LogP contribution in [-0.2, 0) is 0 Å². The van der Waals surface area contributed by atoms with Crippen LogP contribution in [0.25, 0.3) is 0 Å². The Bertz CT molecular complexity index is 688. The molecular weight excluding hydrogens is 330 g/mol. The molecule has 5 nitrogen and oxygen atoms in total. The van der Waals surface area contributed by atoms with Crippen LogP contribution in [0.4, 0.5) is 5.13 Å². The van der Waals surface area contributed by atoms with Crippen molar-refractivity contribution in [1.82, 2.24) is 10.3 Å². The molecule has 1 fully saturated rings. The van der Waals surface area contributed by atoms with Crippen LogP contribution in [-0.4, -0.2) is 22.8 Å². The SMILES string of the molecule is Cc1nc(NC(=O)c2cccs2)sc1C(=O)NC1CCCCC1. The summed E-state index contributed by atoms with van der Waals surface area (Å²) in [5.74, 6) is -0.267. The molecule has 1 aliphatic carbocycles. The number of hydrogen-bond acceptors (Lipinski definition) is 5. The van der Waals surface area contributed by atoms with Crippen LogP contribution in [0.15, 0.2) is 17.5 Å². The maximum atomic E-state index is 12.4. The molecule has 122 valence electrons. The smallest absolute Gasteiger partial charge is 0.267 e. The maximum Gasteiger partial charge on any atom is 0.267 e. The van der Waals surface area contributed by atoms with Gasteiger partial charge in [-0.1, -0.05) is 36.7 Å². The predicted molar refractivity (Wildman–Crippen MR) is 93.5 cm³/mol. The first-order valence-corrected chi connectivity index (χ1v) is 9.46. The molecular formula is C16H19N3O2S2. The molecule has 0 unspecified atom stereocenters. The van der Waals surface area contributed by atoms with E-state index in [1.807, 2.05) is 11.4 Å². The number of thiophene rings is 1. The van der Waals surface area contributed by atoms with Gasteiger partial charge in [-0.2, -0.15) is 0 Å². The van der Waals surface area contributed by atoms with E-state index in [9.17, 15) is 9.59 Å². The quantitative estimate of drug-likeness (QED) is 0.881. The van der Waals surface area contributed by atoms with Crippen molar-refractivity contribution < 1.29 is 9.59 Å². The van der Waals surface area contributed by atoms with Crippen molar-refractivity contribution in [1.29, 1.82) is 0 Å². The monoisotopic (exact) mass is 349 g/mol. The summed E-state index contributed by atoms with van der Waals surface area (Å²) in [6.45, 7) is 1.80. The Morgan fingerprint density at radius 3 is 2.70 bits per heavy atom. The summed E-state index contributed by atoms with van der Waals surface area (Å²) in [5, 5.41) is 8.17. The highest BCUT2D eigenvalue weighted by atomic mass is 32.1. The van der Waals surface area contributed by atoms with Gasteiger partial charge in [-0.25, -0.2) is 4.98 Å². The van der Waals surface area contributed by atoms with Crippen LogP contribution in [0.5, 0.6) is 0 Å². The molecule has 0 radical (unpaired) electrons. The standard InChI is InChI=1S/C16H19N3O2S2/c1-10-13(15(21)18-11-6-3-2-4-7-11)23-16(17-10)19-14(20)12-8-5-9-22-12/h5,8-9,11H,2-4,6-7H2,1H3,(H,18,21)(H,17,19,20). The van der Waals surface area contributed by atoms with E-state index >= 15 is 0 Å². The Hall–Kier alpha value is -1.73. The van der Waals surface area contributed by atoms with Crippen LogP contribution in [0, 0.1) is 6.92 Å². The van der Waals surface area contributed by atoms with Gasteiger partial charge in [0.2, 0.25) is 0 Å². The van der Waals surface area contributed by atoms with Gasteiger partial charge in [-0.15, -0.1) is 11.3 Å². The summed E-state index contributed by atoms with van der Waals surface area (Å²) in [7, 11) is 0. The summed E-state index contributed by atoms with van der Waals surface area (Å²) in [6.07, 6.45) is 5.70. The van der Waals surface area contributed by atoms with Crippen molar-refractivity contribution in [2.45, 2.75) is 45.1 Å². The number of aryl methyl sites for hydroxylation is 1. The lowest BCUT2D eigenvalue weighted by Crippen LogP contribution is -2.36. The number of nitrogens with one attached hydrogen (secondary N) is 2. The molecule has 0 atom stereocenters. The molecule has 2 aromatic heterocycles. The van der Waals surface area contributed by atoms with Gasteiger partial charge < -0.3 is 5.32 Å². The molecule has 2 N–H and O–H groups in total. The highest BCUT2D eigenvalue weighted by Gasteiger charge is 2.21. The fourth-order valence-corrected chi connectivity index (χ4v) is 4.21. The summed E-state index contributed by atoms with van der Waals surface area (Å²) < 4.78 is 0. The molecule has 3 rings (SSSR count). The first-order valence-electron chi connectivity index (χ1n) is 7.76. The number of carbonyl (C=O) groups is 2. The molecule has 1 aliphatic rings. The zero-order valence-electron chi connectivity index (χ0n) is 12.9. The second-order valence-corrected chi connectivity index (χ2v) is 7.62. The van der Waals surface area contributed by atoms with Crippen molar-refractivity contribution in [3.05, 3.63) is 33.0 Å². The number of anilines is 1. The molecule has 2 heterocycles. The van der Waals surface area contributed by atoms with Crippen molar-refractivity contribution in [2.75, 3.05) is 5.32 Å². The molecule has 0 aromatic carbocycles. The molecule has 7 heteroatoms. The summed E-state index contributed by atoms with van der Waals surface area (Å²) in [6, 6.07) is 3.86. The average molecular weight is 349 g/mol.